The molecule has 0 spiro atoms. The summed E-state index contributed by atoms with van der Waals surface area (Å²) >= 11 is 0. The molecule has 8 heterocycles. The average Bonchev–Trinajstić information content (AvgIpc) is 4.19. The Kier molecular flexibility index (Phi) is 11.4. The van der Waals surface area contributed by atoms with Crippen LogP contribution >= 0.6 is 0 Å². The topological polar surface area (TPSA) is 264 Å². The first-order chi connectivity index (χ1) is 31.1. The van der Waals surface area contributed by atoms with Crippen molar-refractivity contribution in [3.63, 3.8) is 0 Å². The summed E-state index contributed by atoms with van der Waals surface area (Å²) in [7, 11) is 3.74. The highest BCUT2D eigenvalue weighted by atomic mass is 16.3. The fraction of sp³-hybridized carbons (Fsp3) is 0.261. The minimum Gasteiger partial charge on any atom is -0.396 e. The van der Waals surface area contributed by atoms with Crippen LogP contribution in [0, 0.1) is 11.8 Å². The molecule has 0 unspecified atom stereocenters. The van der Waals surface area contributed by atoms with Crippen molar-refractivity contribution in [1.82, 2.24) is 49.5 Å². The minimum atomic E-state index is -0.0776. The molecular formula is C46H46N14O4. The predicted octanol–water partition coefficient (Wildman–Crippen LogP) is 4.57. The van der Waals surface area contributed by atoms with Crippen LogP contribution in [0.4, 0.5) is 23.3 Å². The predicted molar refractivity (Wildman–Crippen MR) is 241 cm³/mol. The molecule has 0 radical (unpaired) electrons. The summed E-state index contributed by atoms with van der Waals surface area (Å²) < 4.78 is 3.50. The molecule has 10 rings (SSSR count). The number of carbonyl (C=O) groups excluding carboxylic acids is 2. The Bertz CT molecular complexity index is 2840. The van der Waals surface area contributed by atoms with Crippen LogP contribution in [0.15, 0.2) is 98.4 Å². The zero-order valence-corrected chi connectivity index (χ0v) is 35.1. The number of amides is 2. The van der Waals surface area contributed by atoms with Crippen molar-refractivity contribution >= 4 is 56.6 Å². The van der Waals surface area contributed by atoms with E-state index in [1.807, 2.05) is 63.1 Å². The summed E-state index contributed by atoms with van der Waals surface area (Å²) in [5.74, 6) is 1.78. The van der Waals surface area contributed by atoms with E-state index < -0.39 is 0 Å². The van der Waals surface area contributed by atoms with Crippen LogP contribution in [0.3, 0.4) is 0 Å². The second-order valence-corrected chi connectivity index (χ2v) is 16.2. The molecule has 0 bridgehead atoms. The second kappa shape index (κ2) is 17.6. The smallest absolute Gasteiger partial charge is 0.229 e. The van der Waals surface area contributed by atoms with Gasteiger partial charge in [-0.3, -0.25) is 28.9 Å². The summed E-state index contributed by atoms with van der Waals surface area (Å²) in [5, 5.41) is 36.0. The lowest BCUT2D eigenvalue weighted by Crippen LogP contribution is -2.15. The van der Waals surface area contributed by atoms with E-state index in [0.717, 1.165) is 57.0 Å². The number of nitrogens with one attached hydrogen (secondary N) is 2. The number of aryl methyl sites for hydroxylation is 2. The van der Waals surface area contributed by atoms with E-state index in [-0.39, 0.29) is 48.7 Å². The lowest BCUT2D eigenvalue weighted by molar-refractivity contribution is -0.118. The molecule has 324 valence electrons. The first-order valence-electron chi connectivity index (χ1n) is 20.9. The van der Waals surface area contributed by atoms with E-state index in [1.165, 1.54) is 0 Å². The Balaban J connectivity index is 0.000000162. The van der Waals surface area contributed by atoms with Crippen molar-refractivity contribution in [2.24, 2.45) is 25.9 Å². The first-order valence-corrected chi connectivity index (χ1v) is 20.9. The van der Waals surface area contributed by atoms with Gasteiger partial charge in [-0.05, 0) is 107 Å². The maximum Gasteiger partial charge on any atom is 0.229 e. The quantitative estimate of drug-likeness (QED) is 0.0984. The Morgan fingerprint density at radius 2 is 1.09 bits per heavy atom. The average molecular weight is 859 g/mol. The summed E-state index contributed by atoms with van der Waals surface area (Å²) in [6.07, 6.45) is 20.2. The van der Waals surface area contributed by atoms with E-state index in [9.17, 15) is 19.8 Å². The lowest BCUT2D eigenvalue weighted by Gasteiger charge is -2.11. The molecule has 0 saturated heterocycles. The number of aliphatic hydroxyl groups is 2. The molecule has 0 aliphatic heterocycles. The number of pyridine rings is 6. The minimum absolute atomic E-state index is 0.0291. The fourth-order valence-electron chi connectivity index (χ4n) is 8.15. The normalized spacial score (nSPS) is 17.4. The Labute approximate surface area is 366 Å². The summed E-state index contributed by atoms with van der Waals surface area (Å²) in [6.45, 7) is 0.0583. The molecule has 2 saturated carbocycles. The number of nitrogens with two attached hydrogens (primary N) is 2. The number of aliphatic hydroxyl groups excluding tert-OH is 2. The molecule has 8 aromatic heterocycles. The van der Waals surface area contributed by atoms with Gasteiger partial charge in [-0.25, -0.2) is 19.9 Å². The van der Waals surface area contributed by atoms with Crippen molar-refractivity contribution in [2.45, 2.75) is 37.5 Å². The van der Waals surface area contributed by atoms with E-state index in [1.54, 1.807) is 58.7 Å². The molecule has 18 heteroatoms. The maximum absolute atomic E-state index is 12.7. The maximum atomic E-state index is 12.7. The molecule has 2 fully saturated rings. The lowest BCUT2D eigenvalue weighted by atomic mass is 10.0. The van der Waals surface area contributed by atoms with Crippen LogP contribution in [0.2, 0.25) is 0 Å². The highest BCUT2D eigenvalue weighted by molar-refractivity contribution is 6.00. The standard InChI is InChI=1S/2C23H23N7O2/c2*1-30-12-15(9-27-30)16-8-17(16)23(32)29-21-7-14-6-20(28-22(24)19(14)11-26-21)18-10-25-4-2-13(18)3-5-31/h2*2,4,6-7,9-12,16-17,31H,3,5,8H2,1H3,(H2,24,28)(H,26,29,32)/t2*16-,17+/m10/s1. The van der Waals surface area contributed by atoms with Gasteiger partial charge >= 0.3 is 0 Å². The van der Waals surface area contributed by atoms with E-state index in [2.05, 4.69) is 50.7 Å². The Morgan fingerprint density at radius 1 is 0.656 bits per heavy atom. The highest BCUT2D eigenvalue weighted by Gasteiger charge is 2.45. The molecular weight excluding hydrogens is 813 g/mol. The third-order valence-corrected chi connectivity index (χ3v) is 11.7. The number of nitrogen functional groups attached to an aromatic ring is 2. The third kappa shape index (κ3) is 8.81. The van der Waals surface area contributed by atoms with Gasteiger partial charge in [0.1, 0.15) is 23.3 Å². The number of anilines is 4. The molecule has 2 aliphatic rings. The van der Waals surface area contributed by atoms with Crippen molar-refractivity contribution in [1.29, 1.82) is 0 Å². The molecule has 0 aromatic carbocycles. The van der Waals surface area contributed by atoms with Gasteiger partial charge in [-0.1, -0.05) is 0 Å². The summed E-state index contributed by atoms with van der Waals surface area (Å²) in [5.41, 5.74) is 19.4. The second-order valence-electron chi connectivity index (χ2n) is 16.2. The number of rotatable bonds is 12. The Hall–Kier alpha value is -7.70. The van der Waals surface area contributed by atoms with E-state index >= 15 is 0 Å². The summed E-state index contributed by atoms with van der Waals surface area (Å²) in [6, 6.07) is 11.1. The van der Waals surface area contributed by atoms with Gasteiger partial charge in [0.25, 0.3) is 0 Å². The molecule has 2 amide bonds. The van der Waals surface area contributed by atoms with Gasteiger partial charge in [0.15, 0.2) is 0 Å². The van der Waals surface area contributed by atoms with E-state index in [4.69, 9.17) is 11.5 Å². The zero-order chi connectivity index (χ0) is 44.5. The van der Waals surface area contributed by atoms with Crippen LogP contribution in [0.25, 0.3) is 44.1 Å². The van der Waals surface area contributed by atoms with Crippen molar-refractivity contribution in [3.8, 4) is 22.5 Å². The van der Waals surface area contributed by atoms with Gasteiger partial charge < -0.3 is 32.3 Å². The van der Waals surface area contributed by atoms with Crippen molar-refractivity contribution in [2.75, 3.05) is 35.3 Å². The SMILES string of the molecule is Cn1cc([C@@H]2C[C@H]2C(=O)Nc2cc3cc(-c4cnccc4CCO)nc(N)c3cn2)cn1.Cn1cc([C@H]2C[C@@H]2C(=O)Nc2cc3cc(-c4cnccc4CCO)nc(N)c3cn2)cn1. The largest absolute Gasteiger partial charge is 0.396 e. The third-order valence-electron chi connectivity index (χ3n) is 11.7. The monoisotopic (exact) mass is 858 g/mol. The van der Waals surface area contributed by atoms with Gasteiger partial charge in [0.05, 0.1) is 23.8 Å². The molecule has 2 aliphatic carbocycles. The van der Waals surface area contributed by atoms with Gasteiger partial charge in [-0.15, -0.1) is 0 Å². The van der Waals surface area contributed by atoms with Crippen LogP contribution in [0.5, 0.6) is 0 Å². The molecule has 18 nitrogen and oxygen atoms in total. The number of fused-ring (bicyclic) bond motifs is 2. The van der Waals surface area contributed by atoms with Crippen molar-refractivity contribution < 1.29 is 19.8 Å². The molecule has 4 atom stereocenters. The van der Waals surface area contributed by atoms with E-state index in [0.29, 0.717) is 58.3 Å². The number of nitrogens with zero attached hydrogens (tertiary/aromatic N) is 10. The first kappa shape index (κ1) is 41.6. The van der Waals surface area contributed by atoms with Crippen LogP contribution in [-0.2, 0) is 36.5 Å². The number of carbonyl (C=O) groups is 2. The van der Waals surface area contributed by atoms with Crippen LogP contribution in [-0.4, -0.2) is 84.7 Å². The molecule has 8 N–H and O–H groups in total. The van der Waals surface area contributed by atoms with Crippen molar-refractivity contribution in [3.05, 3.63) is 121 Å². The zero-order valence-electron chi connectivity index (χ0n) is 35.1. The molecule has 64 heavy (non-hydrogen) atoms. The Morgan fingerprint density at radius 3 is 1.48 bits per heavy atom. The highest BCUT2D eigenvalue weighted by Crippen LogP contribution is 2.49. The van der Waals surface area contributed by atoms with Crippen LogP contribution in [0.1, 0.15) is 46.9 Å². The van der Waals surface area contributed by atoms with Gasteiger partial charge in [0, 0.05) is 111 Å². The van der Waals surface area contributed by atoms with Crippen LogP contribution < -0.4 is 22.1 Å². The number of hydrogen-bond acceptors (Lipinski definition) is 14. The summed E-state index contributed by atoms with van der Waals surface area (Å²) in [4.78, 5) is 51.6. The number of aromatic nitrogens is 10. The van der Waals surface area contributed by atoms with Gasteiger partial charge in [-0.2, -0.15) is 10.2 Å². The number of hydrogen-bond donors (Lipinski definition) is 6. The fourth-order valence-corrected chi connectivity index (χ4v) is 8.15. The van der Waals surface area contributed by atoms with Gasteiger partial charge in [0.2, 0.25) is 11.8 Å². The molecule has 8 aromatic rings.